The van der Waals surface area contributed by atoms with Crippen molar-refractivity contribution in [3.05, 3.63) is 59.6 Å². The molecule has 0 unspecified atom stereocenters. The second-order valence-electron chi connectivity index (χ2n) is 5.98. The number of anilines is 1. The van der Waals surface area contributed by atoms with Crippen LogP contribution < -0.4 is 10.3 Å². The van der Waals surface area contributed by atoms with Gasteiger partial charge in [-0.05, 0) is 36.4 Å². The lowest BCUT2D eigenvalue weighted by Gasteiger charge is -2.10. The molecule has 1 aromatic heterocycles. The van der Waals surface area contributed by atoms with E-state index in [1.165, 1.54) is 5.01 Å². The number of nitrogens with zero attached hydrogens (tertiary/aromatic N) is 4. The summed E-state index contributed by atoms with van der Waals surface area (Å²) in [5, 5.41) is 16.9. The zero-order valence-electron chi connectivity index (χ0n) is 14.9. The summed E-state index contributed by atoms with van der Waals surface area (Å²) in [6.07, 6.45) is 0.0343. The minimum Gasteiger partial charge on any atom is -0.411 e. The molecule has 146 valence electrons. The largest absolute Gasteiger partial charge is 0.411 e. The van der Waals surface area contributed by atoms with Crippen LogP contribution in [0.3, 0.4) is 0 Å². The minimum atomic E-state index is -0.317. The highest BCUT2D eigenvalue weighted by molar-refractivity contribution is 7.99. The van der Waals surface area contributed by atoms with E-state index in [1.807, 2.05) is 18.2 Å². The number of benzene rings is 2. The number of hydrogen-bond donors (Lipinski definition) is 1. The Kier molecular flexibility index (Phi) is 5.59. The monoisotopic (exact) mass is 427 g/mol. The first-order valence-electron chi connectivity index (χ1n) is 8.56. The lowest BCUT2D eigenvalue weighted by Crippen LogP contribution is -2.31. The molecule has 0 fully saturated rings. The third kappa shape index (κ3) is 4.64. The number of para-hydroxylation sites is 1. The summed E-state index contributed by atoms with van der Waals surface area (Å²) in [4.78, 5) is 24.3. The SMILES string of the molecule is O=C(CSc1nnc(-c2ccc(Cl)cc2)o1)NC1=NN(c2ccccc2)C(=O)C1. The molecule has 2 heterocycles. The fraction of sp³-hybridized carbons (Fsp3) is 0.105. The van der Waals surface area contributed by atoms with Gasteiger partial charge in [-0.3, -0.25) is 9.59 Å². The van der Waals surface area contributed by atoms with Crippen LogP contribution in [0.15, 0.2) is 69.3 Å². The van der Waals surface area contributed by atoms with E-state index >= 15 is 0 Å². The zero-order chi connectivity index (χ0) is 20.2. The Morgan fingerprint density at radius 2 is 1.90 bits per heavy atom. The van der Waals surface area contributed by atoms with Crippen molar-refractivity contribution in [2.24, 2.45) is 5.10 Å². The van der Waals surface area contributed by atoms with Crippen LogP contribution in [0.25, 0.3) is 11.5 Å². The predicted octanol–water partition coefficient (Wildman–Crippen LogP) is 3.35. The summed E-state index contributed by atoms with van der Waals surface area (Å²) in [6.45, 7) is 0. The molecule has 0 bridgehead atoms. The molecule has 0 saturated carbocycles. The molecule has 1 aliphatic rings. The van der Waals surface area contributed by atoms with Gasteiger partial charge in [-0.15, -0.1) is 10.2 Å². The summed E-state index contributed by atoms with van der Waals surface area (Å²) in [7, 11) is 0. The van der Waals surface area contributed by atoms with Crippen molar-refractivity contribution in [3.63, 3.8) is 0 Å². The third-order valence-electron chi connectivity index (χ3n) is 3.88. The van der Waals surface area contributed by atoms with Crippen molar-refractivity contribution in [3.8, 4) is 11.5 Å². The highest BCUT2D eigenvalue weighted by Gasteiger charge is 2.26. The van der Waals surface area contributed by atoms with Crippen molar-refractivity contribution in [2.45, 2.75) is 11.6 Å². The number of aromatic nitrogens is 2. The minimum absolute atomic E-state index is 0.0343. The Morgan fingerprint density at radius 3 is 2.66 bits per heavy atom. The summed E-state index contributed by atoms with van der Waals surface area (Å²) in [5.74, 6) is 0.165. The molecule has 0 spiro atoms. The van der Waals surface area contributed by atoms with Crippen LogP contribution in [0.5, 0.6) is 0 Å². The maximum atomic E-state index is 12.2. The van der Waals surface area contributed by atoms with Crippen LogP contribution in [-0.2, 0) is 9.59 Å². The highest BCUT2D eigenvalue weighted by Crippen LogP contribution is 2.24. The molecule has 1 aliphatic heterocycles. The Bertz CT molecular complexity index is 1070. The van der Waals surface area contributed by atoms with E-state index in [0.29, 0.717) is 22.4 Å². The number of carbonyl (C=O) groups is 2. The van der Waals surface area contributed by atoms with E-state index in [-0.39, 0.29) is 29.2 Å². The molecule has 8 nitrogen and oxygen atoms in total. The van der Waals surface area contributed by atoms with Crippen LogP contribution in [0.4, 0.5) is 5.69 Å². The lowest BCUT2D eigenvalue weighted by atomic mass is 10.2. The lowest BCUT2D eigenvalue weighted by molar-refractivity contribution is -0.117. The van der Waals surface area contributed by atoms with E-state index in [2.05, 4.69) is 20.6 Å². The van der Waals surface area contributed by atoms with E-state index in [4.69, 9.17) is 16.0 Å². The van der Waals surface area contributed by atoms with E-state index in [1.54, 1.807) is 36.4 Å². The summed E-state index contributed by atoms with van der Waals surface area (Å²) in [5.41, 5.74) is 1.38. The average molecular weight is 428 g/mol. The Balaban J connectivity index is 1.33. The number of amidine groups is 1. The quantitative estimate of drug-likeness (QED) is 0.626. The molecular weight excluding hydrogens is 414 g/mol. The second-order valence-corrected chi connectivity index (χ2v) is 7.34. The molecule has 0 radical (unpaired) electrons. The van der Waals surface area contributed by atoms with Crippen LogP contribution >= 0.6 is 23.4 Å². The van der Waals surface area contributed by atoms with Gasteiger partial charge >= 0.3 is 0 Å². The molecule has 29 heavy (non-hydrogen) atoms. The first-order chi connectivity index (χ1) is 14.1. The standard InChI is InChI=1S/C19H14ClN5O3S/c20-13-8-6-12(7-9-13)18-22-23-19(28-18)29-11-16(26)21-15-10-17(27)25(24-15)14-4-2-1-3-5-14/h1-9H,10-11H2,(H,21,24,26). The number of halogens is 1. The van der Waals surface area contributed by atoms with Gasteiger partial charge in [-0.25, -0.2) is 0 Å². The zero-order valence-corrected chi connectivity index (χ0v) is 16.5. The molecular formula is C19H14ClN5O3S. The first-order valence-corrected chi connectivity index (χ1v) is 9.92. The molecule has 2 amide bonds. The number of nitrogens with one attached hydrogen (secondary N) is 1. The number of thioether (sulfide) groups is 1. The molecule has 0 atom stereocenters. The summed E-state index contributed by atoms with van der Waals surface area (Å²) in [6, 6.07) is 16.0. The van der Waals surface area contributed by atoms with Crippen LogP contribution in [-0.4, -0.2) is 33.6 Å². The van der Waals surface area contributed by atoms with Crippen molar-refractivity contribution in [1.82, 2.24) is 15.5 Å². The topological polar surface area (TPSA) is 101 Å². The van der Waals surface area contributed by atoms with Crippen molar-refractivity contribution >= 4 is 46.7 Å². The van der Waals surface area contributed by atoms with Crippen LogP contribution in [0, 0.1) is 0 Å². The Morgan fingerprint density at radius 1 is 1.14 bits per heavy atom. The van der Waals surface area contributed by atoms with Gasteiger partial charge in [-0.1, -0.05) is 41.6 Å². The van der Waals surface area contributed by atoms with E-state index < -0.39 is 0 Å². The predicted molar refractivity (Wildman–Crippen MR) is 110 cm³/mol. The second kappa shape index (κ2) is 8.46. The smallest absolute Gasteiger partial charge is 0.277 e. The Labute approximate surface area is 174 Å². The van der Waals surface area contributed by atoms with Gasteiger partial charge in [0.2, 0.25) is 11.8 Å². The van der Waals surface area contributed by atoms with Gasteiger partial charge in [-0.2, -0.15) is 10.1 Å². The molecule has 10 heteroatoms. The maximum absolute atomic E-state index is 12.2. The summed E-state index contributed by atoms with van der Waals surface area (Å²) < 4.78 is 5.55. The van der Waals surface area contributed by atoms with Crippen LogP contribution in [0.2, 0.25) is 5.02 Å². The fourth-order valence-electron chi connectivity index (χ4n) is 2.57. The number of amides is 2. The van der Waals surface area contributed by atoms with E-state index in [9.17, 15) is 9.59 Å². The molecule has 0 aliphatic carbocycles. The van der Waals surface area contributed by atoms with Crippen molar-refractivity contribution < 1.29 is 14.0 Å². The normalized spacial score (nSPS) is 13.5. The maximum Gasteiger partial charge on any atom is 0.277 e. The molecule has 3 aromatic rings. The van der Waals surface area contributed by atoms with Crippen molar-refractivity contribution in [1.29, 1.82) is 0 Å². The average Bonchev–Trinajstić information content (AvgIpc) is 3.34. The van der Waals surface area contributed by atoms with Gasteiger partial charge in [0, 0.05) is 10.6 Å². The summed E-state index contributed by atoms with van der Waals surface area (Å²) >= 11 is 6.96. The molecule has 1 N–H and O–H groups in total. The Hall–Kier alpha value is -3.17. The van der Waals surface area contributed by atoms with Gasteiger partial charge in [0.05, 0.1) is 17.9 Å². The van der Waals surface area contributed by atoms with Crippen molar-refractivity contribution in [2.75, 3.05) is 10.8 Å². The molecule has 0 saturated heterocycles. The molecule has 2 aromatic carbocycles. The number of hydrogen-bond acceptors (Lipinski definition) is 7. The van der Waals surface area contributed by atoms with Crippen LogP contribution in [0.1, 0.15) is 6.42 Å². The number of hydrazone groups is 1. The highest BCUT2D eigenvalue weighted by atomic mass is 35.5. The van der Waals surface area contributed by atoms with E-state index in [0.717, 1.165) is 17.3 Å². The molecule has 4 rings (SSSR count). The first kappa shape index (κ1) is 19.2. The fourth-order valence-corrected chi connectivity index (χ4v) is 3.26. The number of carbonyl (C=O) groups excluding carboxylic acids is 2. The van der Waals surface area contributed by atoms with Gasteiger partial charge < -0.3 is 9.73 Å². The van der Waals surface area contributed by atoms with Gasteiger partial charge in [0.15, 0.2) is 0 Å². The van der Waals surface area contributed by atoms with Gasteiger partial charge in [0.1, 0.15) is 5.84 Å². The van der Waals surface area contributed by atoms with Gasteiger partial charge in [0.25, 0.3) is 11.1 Å². The number of rotatable bonds is 5. The third-order valence-corrected chi connectivity index (χ3v) is 4.95.